The summed E-state index contributed by atoms with van der Waals surface area (Å²) in [5.41, 5.74) is 5.14. The van der Waals surface area contributed by atoms with E-state index in [-0.39, 0.29) is 17.4 Å². The number of anilines is 2. The molecule has 1 aliphatic rings. The predicted octanol–water partition coefficient (Wildman–Crippen LogP) is 3.28. The lowest BCUT2D eigenvalue weighted by Gasteiger charge is -2.37. The Kier molecular flexibility index (Phi) is 2.93. The van der Waals surface area contributed by atoms with Gasteiger partial charge in [0.1, 0.15) is 0 Å². The number of hydrogen-bond acceptors (Lipinski definition) is 2. The monoisotopic (exact) mass is 244 g/mol. The highest BCUT2D eigenvalue weighted by Gasteiger charge is 2.36. The van der Waals surface area contributed by atoms with Gasteiger partial charge in [-0.3, -0.25) is 0 Å². The molecule has 2 rings (SSSR count). The molecule has 2 nitrogen and oxygen atoms in total. The Hall–Kier alpha value is -1.39. The minimum atomic E-state index is -4.36. The summed E-state index contributed by atoms with van der Waals surface area (Å²) >= 11 is 0. The summed E-state index contributed by atoms with van der Waals surface area (Å²) < 4.78 is 38.7. The number of alkyl halides is 3. The molecule has 0 amide bonds. The lowest BCUT2D eigenvalue weighted by atomic mass is 9.91. The van der Waals surface area contributed by atoms with Crippen LogP contribution in [0.4, 0.5) is 24.5 Å². The van der Waals surface area contributed by atoms with Crippen molar-refractivity contribution in [3.63, 3.8) is 0 Å². The quantitative estimate of drug-likeness (QED) is 0.809. The van der Waals surface area contributed by atoms with Gasteiger partial charge < -0.3 is 10.6 Å². The molecule has 1 fully saturated rings. The van der Waals surface area contributed by atoms with Gasteiger partial charge in [0.05, 0.1) is 5.56 Å². The molecule has 1 aliphatic carbocycles. The summed E-state index contributed by atoms with van der Waals surface area (Å²) in [5.74, 6) is 0. The van der Waals surface area contributed by atoms with Crippen molar-refractivity contribution in [2.45, 2.75) is 31.5 Å². The van der Waals surface area contributed by atoms with Gasteiger partial charge in [0, 0.05) is 24.5 Å². The van der Waals surface area contributed by atoms with Gasteiger partial charge in [0.15, 0.2) is 0 Å². The second kappa shape index (κ2) is 4.13. The molecule has 0 aliphatic heterocycles. The molecule has 0 unspecified atom stereocenters. The fourth-order valence-electron chi connectivity index (χ4n) is 2.06. The van der Waals surface area contributed by atoms with Crippen molar-refractivity contribution in [3.05, 3.63) is 23.8 Å². The van der Waals surface area contributed by atoms with E-state index in [1.165, 1.54) is 12.1 Å². The van der Waals surface area contributed by atoms with Crippen LogP contribution in [0.5, 0.6) is 0 Å². The van der Waals surface area contributed by atoms with Crippen molar-refractivity contribution in [2.75, 3.05) is 17.7 Å². The molecule has 2 N–H and O–H groups in total. The van der Waals surface area contributed by atoms with Gasteiger partial charge >= 0.3 is 6.18 Å². The van der Waals surface area contributed by atoms with E-state index in [1.807, 2.05) is 0 Å². The molecule has 1 aromatic carbocycles. The van der Waals surface area contributed by atoms with Gasteiger partial charge in [0.2, 0.25) is 0 Å². The van der Waals surface area contributed by atoms with Crippen molar-refractivity contribution < 1.29 is 13.2 Å². The molecule has 0 aromatic heterocycles. The van der Waals surface area contributed by atoms with Crippen LogP contribution in [-0.2, 0) is 6.18 Å². The Morgan fingerprint density at radius 2 is 1.94 bits per heavy atom. The summed E-state index contributed by atoms with van der Waals surface area (Å²) in [6.07, 6.45) is -1.36. The number of rotatable bonds is 2. The molecule has 1 saturated carbocycles. The van der Waals surface area contributed by atoms with E-state index >= 15 is 0 Å². The Bertz CT molecular complexity index is 411. The van der Waals surface area contributed by atoms with Crippen molar-refractivity contribution in [1.82, 2.24) is 0 Å². The van der Waals surface area contributed by atoms with Crippen LogP contribution in [0.2, 0.25) is 0 Å². The van der Waals surface area contributed by atoms with E-state index in [1.54, 1.807) is 11.9 Å². The van der Waals surface area contributed by atoms with Gasteiger partial charge in [0.25, 0.3) is 0 Å². The molecule has 5 heteroatoms. The second-order valence-electron chi connectivity index (χ2n) is 4.47. The fourth-order valence-corrected chi connectivity index (χ4v) is 2.06. The molecule has 0 saturated heterocycles. The third kappa shape index (κ3) is 2.33. The zero-order chi connectivity index (χ0) is 12.6. The number of nitrogen functional groups attached to an aromatic ring is 1. The Balaban J connectivity index is 2.38. The van der Waals surface area contributed by atoms with Crippen LogP contribution < -0.4 is 10.6 Å². The first-order valence-corrected chi connectivity index (χ1v) is 5.59. The summed E-state index contributed by atoms with van der Waals surface area (Å²) in [4.78, 5) is 1.71. The zero-order valence-corrected chi connectivity index (χ0v) is 9.59. The highest BCUT2D eigenvalue weighted by molar-refractivity contribution is 5.61. The number of nitrogens with two attached hydrogens (primary N) is 1. The normalized spacial score (nSPS) is 16.7. The standard InChI is InChI=1S/C12H15F3N2/c1-17(9-3-2-4-9)11-6-5-8(16)7-10(11)12(13,14)15/h5-7,9H,2-4,16H2,1H3. The maximum absolute atomic E-state index is 12.9. The topological polar surface area (TPSA) is 29.3 Å². The van der Waals surface area contributed by atoms with Crippen LogP contribution in [0.1, 0.15) is 24.8 Å². The smallest absolute Gasteiger partial charge is 0.399 e. The Morgan fingerprint density at radius 3 is 2.41 bits per heavy atom. The summed E-state index contributed by atoms with van der Waals surface area (Å²) in [5, 5.41) is 0. The molecule has 0 spiro atoms. The van der Waals surface area contributed by atoms with Gasteiger partial charge in [-0.05, 0) is 37.5 Å². The average molecular weight is 244 g/mol. The Labute approximate surface area is 98.2 Å². The highest BCUT2D eigenvalue weighted by atomic mass is 19.4. The van der Waals surface area contributed by atoms with Crippen LogP contribution in [0.3, 0.4) is 0 Å². The van der Waals surface area contributed by atoms with Crippen molar-refractivity contribution in [3.8, 4) is 0 Å². The van der Waals surface area contributed by atoms with Crippen LogP contribution in [0, 0.1) is 0 Å². The second-order valence-corrected chi connectivity index (χ2v) is 4.47. The Morgan fingerprint density at radius 1 is 1.29 bits per heavy atom. The summed E-state index contributed by atoms with van der Waals surface area (Å²) in [6.45, 7) is 0. The largest absolute Gasteiger partial charge is 0.418 e. The minimum absolute atomic E-state index is 0.142. The summed E-state index contributed by atoms with van der Waals surface area (Å²) in [6, 6.07) is 4.19. The van der Waals surface area contributed by atoms with Crippen LogP contribution in [0.15, 0.2) is 18.2 Å². The van der Waals surface area contributed by atoms with E-state index in [9.17, 15) is 13.2 Å². The lowest BCUT2D eigenvalue weighted by molar-refractivity contribution is -0.137. The molecule has 17 heavy (non-hydrogen) atoms. The van der Waals surface area contributed by atoms with Crippen LogP contribution in [-0.4, -0.2) is 13.1 Å². The molecule has 0 heterocycles. The van der Waals surface area contributed by atoms with Gasteiger partial charge in [-0.1, -0.05) is 0 Å². The third-order valence-electron chi connectivity index (χ3n) is 3.33. The van der Waals surface area contributed by atoms with Gasteiger partial charge in [-0.15, -0.1) is 0 Å². The number of halogens is 3. The maximum atomic E-state index is 12.9. The molecule has 94 valence electrons. The average Bonchev–Trinajstić information content (AvgIpc) is 2.13. The first kappa shape index (κ1) is 12.1. The SMILES string of the molecule is CN(c1ccc(N)cc1C(F)(F)F)C1CCC1. The van der Waals surface area contributed by atoms with Crippen LogP contribution >= 0.6 is 0 Å². The number of hydrogen-bond donors (Lipinski definition) is 1. The molecular weight excluding hydrogens is 229 g/mol. The van der Waals surface area contributed by atoms with E-state index < -0.39 is 11.7 Å². The molecular formula is C12H15F3N2. The first-order chi connectivity index (χ1) is 7.89. The predicted molar refractivity (Wildman–Crippen MR) is 61.9 cm³/mol. The molecule has 0 bridgehead atoms. The fraction of sp³-hybridized carbons (Fsp3) is 0.500. The lowest BCUT2D eigenvalue weighted by Crippen LogP contribution is -2.38. The van der Waals surface area contributed by atoms with E-state index in [0.29, 0.717) is 0 Å². The van der Waals surface area contributed by atoms with E-state index in [2.05, 4.69) is 0 Å². The zero-order valence-electron chi connectivity index (χ0n) is 9.59. The van der Waals surface area contributed by atoms with Crippen LogP contribution in [0.25, 0.3) is 0 Å². The summed E-state index contributed by atoms with van der Waals surface area (Å²) in [7, 11) is 1.71. The number of nitrogens with zero attached hydrogens (tertiary/aromatic N) is 1. The van der Waals surface area contributed by atoms with Crippen molar-refractivity contribution in [1.29, 1.82) is 0 Å². The third-order valence-corrected chi connectivity index (χ3v) is 3.33. The molecule has 1 aromatic rings. The molecule has 0 radical (unpaired) electrons. The van der Waals surface area contributed by atoms with Crippen molar-refractivity contribution >= 4 is 11.4 Å². The van der Waals surface area contributed by atoms with E-state index in [4.69, 9.17) is 5.73 Å². The van der Waals surface area contributed by atoms with E-state index in [0.717, 1.165) is 25.3 Å². The minimum Gasteiger partial charge on any atom is -0.399 e. The molecule has 0 atom stereocenters. The van der Waals surface area contributed by atoms with Gasteiger partial charge in [-0.2, -0.15) is 13.2 Å². The van der Waals surface area contributed by atoms with Crippen molar-refractivity contribution in [2.24, 2.45) is 0 Å². The highest BCUT2D eigenvalue weighted by Crippen LogP contribution is 2.39. The number of benzene rings is 1. The first-order valence-electron chi connectivity index (χ1n) is 5.59. The van der Waals surface area contributed by atoms with Gasteiger partial charge in [-0.25, -0.2) is 0 Å². The maximum Gasteiger partial charge on any atom is 0.418 e.